The zero-order valence-corrected chi connectivity index (χ0v) is 14.8. The van der Waals surface area contributed by atoms with E-state index in [-0.39, 0.29) is 0 Å². The Kier molecular flexibility index (Phi) is 4.89. The third kappa shape index (κ3) is 3.09. The Morgan fingerprint density at radius 1 is 0.455 bits per heavy atom. The summed E-state index contributed by atoms with van der Waals surface area (Å²) in [6.07, 6.45) is 0. The van der Waals surface area contributed by atoms with Gasteiger partial charge in [-0.1, -0.05) is 89.4 Å². The average Bonchev–Trinajstić information content (AvgIpc) is 2.53. The van der Waals surface area contributed by atoms with E-state index in [1.807, 2.05) is 54.6 Å². The van der Waals surface area contributed by atoms with Gasteiger partial charge in [-0.3, -0.25) is 0 Å². The summed E-state index contributed by atoms with van der Waals surface area (Å²) in [5.74, 6) is 0. The van der Waals surface area contributed by atoms with Crippen LogP contribution in [0.1, 0.15) is 0 Å². The van der Waals surface area contributed by atoms with Gasteiger partial charge in [-0.2, -0.15) is 0 Å². The lowest BCUT2D eigenvalue weighted by atomic mass is 10.3. The van der Waals surface area contributed by atoms with E-state index in [0.29, 0.717) is 0 Å². The van der Waals surface area contributed by atoms with Crippen molar-refractivity contribution < 1.29 is 0 Å². The molecule has 4 heteroatoms. The van der Waals surface area contributed by atoms with Crippen LogP contribution in [0.4, 0.5) is 0 Å². The van der Waals surface area contributed by atoms with Gasteiger partial charge < -0.3 is 0 Å². The standard InChI is InChI=1S/C18H12Cl3Si/c19-13-7-1-4-10-16(13)22(17-11-5-2-8-14(17)20)18-12-6-3-9-15(18)21/h1-12H. The molecule has 0 aliphatic heterocycles. The molecule has 0 saturated carbocycles. The van der Waals surface area contributed by atoms with Crippen molar-refractivity contribution in [3.05, 3.63) is 87.9 Å². The second-order valence-electron chi connectivity index (χ2n) is 4.81. The molecule has 3 aromatic rings. The highest BCUT2D eigenvalue weighted by molar-refractivity contribution is 6.98. The van der Waals surface area contributed by atoms with E-state index in [1.54, 1.807) is 0 Å². The fourth-order valence-corrected chi connectivity index (χ4v) is 6.31. The van der Waals surface area contributed by atoms with E-state index in [4.69, 9.17) is 34.8 Å². The van der Waals surface area contributed by atoms with Gasteiger partial charge in [0.2, 0.25) is 0 Å². The fourth-order valence-electron chi connectivity index (χ4n) is 2.43. The molecule has 0 atom stereocenters. The quantitative estimate of drug-likeness (QED) is 0.485. The summed E-state index contributed by atoms with van der Waals surface area (Å²) in [4.78, 5) is 0. The van der Waals surface area contributed by atoms with Gasteiger partial charge in [-0.15, -0.1) is 0 Å². The Bertz CT molecular complexity index is 693. The molecule has 0 aliphatic rings. The van der Waals surface area contributed by atoms with Crippen molar-refractivity contribution in [2.24, 2.45) is 0 Å². The van der Waals surface area contributed by atoms with E-state index in [2.05, 4.69) is 18.2 Å². The normalized spacial score (nSPS) is 10.9. The highest BCUT2D eigenvalue weighted by Gasteiger charge is 2.25. The lowest BCUT2D eigenvalue weighted by Gasteiger charge is -2.20. The predicted molar refractivity (Wildman–Crippen MR) is 99.0 cm³/mol. The van der Waals surface area contributed by atoms with Gasteiger partial charge in [0, 0.05) is 15.1 Å². The summed E-state index contributed by atoms with van der Waals surface area (Å²) >= 11 is 19.4. The lowest BCUT2D eigenvalue weighted by molar-refractivity contribution is 1.71. The van der Waals surface area contributed by atoms with Crippen molar-refractivity contribution in [2.45, 2.75) is 0 Å². The van der Waals surface area contributed by atoms with Crippen LogP contribution in [0.2, 0.25) is 15.1 Å². The Balaban J connectivity index is 2.27. The van der Waals surface area contributed by atoms with E-state index in [1.165, 1.54) is 0 Å². The van der Waals surface area contributed by atoms with Gasteiger partial charge in [0.1, 0.15) is 0 Å². The molecule has 0 unspecified atom stereocenters. The Hall–Kier alpha value is -1.25. The minimum Gasteiger partial charge on any atom is -0.0845 e. The molecule has 109 valence electrons. The van der Waals surface area contributed by atoms with Crippen LogP contribution in [-0.4, -0.2) is 8.80 Å². The predicted octanol–water partition coefficient (Wildman–Crippen LogP) is 4.16. The van der Waals surface area contributed by atoms with Crippen molar-refractivity contribution >= 4 is 59.2 Å². The molecule has 3 aromatic carbocycles. The van der Waals surface area contributed by atoms with E-state index in [9.17, 15) is 0 Å². The second-order valence-corrected chi connectivity index (χ2v) is 8.40. The zero-order chi connectivity index (χ0) is 15.5. The highest BCUT2D eigenvalue weighted by atomic mass is 35.5. The molecule has 0 amide bonds. The molecule has 0 heterocycles. The highest BCUT2D eigenvalue weighted by Crippen LogP contribution is 2.13. The Labute approximate surface area is 146 Å². The van der Waals surface area contributed by atoms with Crippen LogP contribution in [0, 0.1) is 0 Å². The van der Waals surface area contributed by atoms with Gasteiger partial charge >= 0.3 is 0 Å². The van der Waals surface area contributed by atoms with Gasteiger partial charge in [-0.05, 0) is 33.8 Å². The number of hydrogen-bond donors (Lipinski definition) is 0. The second kappa shape index (κ2) is 6.89. The summed E-state index contributed by atoms with van der Waals surface area (Å²) in [5.41, 5.74) is 0. The molecule has 0 fully saturated rings. The largest absolute Gasteiger partial charge is 0.160 e. The summed E-state index contributed by atoms with van der Waals surface area (Å²) in [6, 6.07) is 23.7. The van der Waals surface area contributed by atoms with E-state index < -0.39 is 8.80 Å². The molecule has 0 nitrogen and oxygen atoms in total. The molecule has 3 rings (SSSR count). The molecule has 0 N–H and O–H groups in total. The smallest absolute Gasteiger partial charge is 0.0845 e. The third-order valence-corrected chi connectivity index (χ3v) is 7.82. The number of hydrogen-bond acceptors (Lipinski definition) is 0. The first-order chi connectivity index (χ1) is 10.7. The first-order valence-electron chi connectivity index (χ1n) is 6.80. The van der Waals surface area contributed by atoms with Crippen LogP contribution in [0.15, 0.2) is 72.8 Å². The molecular formula is C18H12Cl3Si. The summed E-state index contributed by atoms with van der Waals surface area (Å²) in [7, 11) is -1.36. The number of benzene rings is 3. The summed E-state index contributed by atoms with van der Waals surface area (Å²) in [6.45, 7) is 0. The average molecular weight is 363 g/mol. The number of halogens is 3. The van der Waals surface area contributed by atoms with Crippen molar-refractivity contribution in [3.63, 3.8) is 0 Å². The van der Waals surface area contributed by atoms with Crippen LogP contribution in [0.25, 0.3) is 0 Å². The molecule has 0 bridgehead atoms. The van der Waals surface area contributed by atoms with Crippen LogP contribution < -0.4 is 15.6 Å². The van der Waals surface area contributed by atoms with Crippen molar-refractivity contribution in [3.8, 4) is 0 Å². The van der Waals surface area contributed by atoms with E-state index >= 15 is 0 Å². The minimum absolute atomic E-state index is 0.747. The molecular weight excluding hydrogens is 351 g/mol. The zero-order valence-electron chi connectivity index (χ0n) is 11.6. The monoisotopic (exact) mass is 361 g/mol. The van der Waals surface area contributed by atoms with Crippen LogP contribution >= 0.6 is 34.8 Å². The summed E-state index contributed by atoms with van der Waals surface area (Å²) < 4.78 is 0. The Morgan fingerprint density at radius 3 is 1.00 bits per heavy atom. The van der Waals surface area contributed by atoms with Gasteiger partial charge in [0.05, 0.1) is 0 Å². The molecule has 1 radical (unpaired) electrons. The maximum Gasteiger partial charge on any atom is 0.160 e. The third-order valence-electron chi connectivity index (χ3n) is 3.43. The lowest BCUT2D eigenvalue weighted by Crippen LogP contribution is -2.53. The SMILES string of the molecule is Clc1ccccc1[Si](c1ccccc1Cl)c1ccccc1Cl. The first-order valence-corrected chi connectivity index (χ1v) is 9.43. The van der Waals surface area contributed by atoms with Crippen LogP contribution in [0.5, 0.6) is 0 Å². The molecule has 0 saturated heterocycles. The van der Waals surface area contributed by atoms with Crippen molar-refractivity contribution in [1.82, 2.24) is 0 Å². The maximum atomic E-state index is 6.46. The number of rotatable bonds is 3. The van der Waals surface area contributed by atoms with Gasteiger partial charge in [0.25, 0.3) is 0 Å². The van der Waals surface area contributed by atoms with Crippen molar-refractivity contribution in [2.75, 3.05) is 0 Å². The van der Waals surface area contributed by atoms with Crippen molar-refractivity contribution in [1.29, 1.82) is 0 Å². The molecule has 0 spiro atoms. The molecule has 0 aliphatic carbocycles. The molecule has 0 aromatic heterocycles. The summed E-state index contributed by atoms with van der Waals surface area (Å²) in [5, 5.41) is 5.52. The van der Waals surface area contributed by atoms with E-state index in [0.717, 1.165) is 30.6 Å². The van der Waals surface area contributed by atoms with Gasteiger partial charge in [-0.25, -0.2) is 0 Å². The van der Waals surface area contributed by atoms with Crippen LogP contribution in [0.3, 0.4) is 0 Å². The van der Waals surface area contributed by atoms with Crippen LogP contribution in [-0.2, 0) is 0 Å². The fraction of sp³-hybridized carbons (Fsp3) is 0. The molecule has 22 heavy (non-hydrogen) atoms. The first kappa shape index (κ1) is 15.6. The minimum atomic E-state index is -1.36. The van der Waals surface area contributed by atoms with Gasteiger partial charge in [0.15, 0.2) is 8.80 Å². The maximum absolute atomic E-state index is 6.46. The Morgan fingerprint density at radius 2 is 0.727 bits per heavy atom. The topological polar surface area (TPSA) is 0 Å².